The Balaban J connectivity index is 2.07. The van der Waals surface area contributed by atoms with Gasteiger partial charge in [-0.05, 0) is 6.42 Å². The molecule has 2 unspecified atom stereocenters. The fourth-order valence-corrected chi connectivity index (χ4v) is 3.28. The average Bonchev–Trinajstić information content (AvgIpc) is 2.94. The number of hydrogen-bond donors (Lipinski definition) is 3. The standard InChI is InChI=1S/C11H13N3O3S/c12-10-7-4-18-9(8(7)13-5-14-10)11(16)2-1-6(3-15)17-11/h4-6,15-16H,1-3H2,(H2,12,13,14). The van der Waals surface area contributed by atoms with Gasteiger partial charge in [0.25, 0.3) is 0 Å². The van der Waals surface area contributed by atoms with E-state index in [0.29, 0.717) is 29.1 Å². The molecular formula is C11H13N3O3S. The maximum Gasteiger partial charge on any atom is 0.204 e. The van der Waals surface area contributed by atoms with Gasteiger partial charge in [-0.2, -0.15) is 0 Å². The summed E-state index contributed by atoms with van der Waals surface area (Å²) in [6.45, 7) is -0.0945. The molecule has 1 aliphatic rings. The summed E-state index contributed by atoms with van der Waals surface area (Å²) >= 11 is 1.35. The minimum atomic E-state index is -1.37. The Bertz CT molecular complexity index is 588. The van der Waals surface area contributed by atoms with Crippen LogP contribution in [0.3, 0.4) is 0 Å². The molecule has 7 heteroatoms. The van der Waals surface area contributed by atoms with Crippen molar-refractivity contribution in [1.29, 1.82) is 0 Å². The number of anilines is 1. The van der Waals surface area contributed by atoms with E-state index in [1.165, 1.54) is 17.7 Å². The molecule has 6 nitrogen and oxygen atoms in total. The maximum absolute atomic E-state index is 10.5. The van der Waals surface area contributed by atoms with Crippen LogP contribution in [0, 0.1) is 0 Å². The molecule has 0 aromatic carbocycles. The lowest BCUT2D eigenvalue weighted by Gasteiger charge is -2.21. The van der Waals surface area contributed by atoms with Crippen molar-refractivity contribution < 1.29 is 14.9 Å². The molecule has 0 bridgehead atoms. The number of thiophene rings is 1. The van der Waals surface area contributed by atoms with Crippen molar-refractivity contribution in [2.45, 2.75) is 24.7 Å². The van der Waals surface area contributed by atoms with Crippen LogP contribution in [-0.4, -0.2) is 32.9 Å². The highest BCUT2D eigenvalue weighted by Gasteiger charge is 2.42. The molecule has 2 aromatic heterocycles. The van der Waals surface area contributed by atoms with Crippen LogP contribution < -0.4 is 5.73 Å². The van der Waals surface area contributed by atoms with Gasteiger partial charge < -0.3 is 20.7 Å². The summed E-state index contributed by atoms with van der Waals surface area (Å²) in [4.78, 5) is 8.70. The Hall–Kier alpha value is -1.28. The molecule has 4 N–H and O–H groups in total. The summed E-state index contributed by atoms with van der Waals surface area (Å²) in [5.41, 5.74) is 6.38. The predicted molar refractivity (Wildman–Crippen MR) is 66.9 cm³/mol. The zero-order valence-corrected chi connectivity index (χ0v) is 10.4. The Morgan fingerprint density at radius 1 is 1.56 bits per heavy atom. The second kappa shape index (κ2) is 4.13. The third-order valence-corrected chi connectivity index (χ3v) is 4.25. The van der Waals surface area contributed by atoms with Crippen molar-refractivity contribution in [3.05, 3.63) is 16.6 Å². The molecule has 3 heterocycles. The van der Waals surface area contributed by atoms with Gasteiger partial charge in [0.05, 0.1) is 28.5 Å². The third-order valence-electron chi connectivity index (χ3n) is 3.15. The number of nitrogen functional groups attached to an aromatic ring is 1. The van der Waals surface area contributed by atoms with E-state index in [9.17, 15) is 5.11 Å². The van der Waals surface area contributed by atoms with Crippen LogP contribution in [0.5, 0.6) is 0 Å². The topological polar surface area (TPSA) is 101 Å². The SMILES string of the molecule is Nc1ncnc2c(C3(O)CCC(CO)O3)scc12. The smallest absolute Gasteiger partial charge is 0.204 e. The lowest BCUT2D eigenvalue weighted by Crippen LogP contribution is -2.26. The Morgan fingerprint density at radius 3 is 3.11 bits per heavy atom. The first-order chi connectivity index (χ1) is 8.64. The van der Waals surface area contributed by atoms with E-state index in [4.69, 9.17) is 15.6 Å². The van der Waals surface area contributed by atoms with Crippen molar-refractivity contribution in [2.75, 3.05) is 12.3 Å². The predicted octanol–water partition coefficient (Wildman–Crippen LogP) is 0.590. The molecule has 1 fully saturated rings. The summed E-state index contributed by atoms with van der Waals surface area (Å²) in [5, 5.41) is 22.1. The normalized spacial score (nSPS) is 28.0. The fourth-order valence-electron chi connectivity index (χ4n) is 2.20. The number of nitrogens with two attached hydrogens (primary N) is 1. The highest BCUT2D eigenvalue weighted by Crippen LogP contribution is 2.43. The van der Waals surface area contributed by atoms with Crippen LogP contribution in [0.2, 0.25) is 0 Å². The first-order valence-electron chi connectivity index (χ1n) is 5.63. The fraction of sp³-hybridized carbons (Fsp3) is 0.455. The molecule has 0 radical (unpaired) electrons. The van der Waals surface area contributed by atoms with Crippen molar-refractivity contribution in [3.63, 3.8) is 0 Å². The van der Waals surface area contributed by atoms with Gasteiger partial charge in [0.15, 0.2) is 0 Å². The van der Waals surface area contributed by atoms with Gasteiger partial charge in [-0.15, -0.1) is 11.3 Å². The van der Waals surface area contributed by atoms with E-state index >= 15 is 0 Å². The van der Waals surface area contributed by atoms with E-state index in [2.05, 4.69) is 9.97 Å². The van der Waals surface area contributed by atoms with Crippen molar-refractivity contribution in [2.24, 2.45) is 0 Å². The largest absolute Gasteiger partial charge is 0.394 e. The average molecular weight is 267 g/mol. The minimum Gasteiger partial charge on any atom is -0.394 e. The molecule has 1 aliphatic heterocycles. The van der Waals surface area contributed by atoms with Gasteiger partial charge in [-0.3, -0.25) is 0 Å². The quantitative estimate of drug-likeness (QED) is 0.736. The minimum absolute atomic E-state index is 0.0945. The van der Waals surface area contributed by atoms with Gasteiger partial charge >= 0.3 is 0 Å². The van der Waals surface area contributed by atoms with Gasteiger partial charge in [0.2, 0.25) is 5.79 Å². The van der Waals surface area contributed by atoms with Crippen LogP contribution in [0.25, 0.3) is 10.9 Å². The van der Waals surface area contributed by atoms with E-state index in [1.54, 1.807) is 0 Å². The molecule has 0 aliphatic carbocycles. The van der Waals surface area contributed by atoms with Crippen LogP contribution in [0.1, 0.15) is 17.7 Å². The van der Waals surface area contributed by atoms with E-state index < -0.39 is 5.79 Å². The zero-order chi connectivity index (χ0) is 12.8. The molecule has 0 spiro atoms. The first kappa shape index (κ1) is 11.8. The van der Waals surface area contributed by atoms with Crippen molar-refractivity contribution in [1.82, 2.24) is 9.97 Å². The third kappa shape index (κ3) is 1.67. The van der Waals surface area contributed by atoms with E-state index in [-0.39, 0.29) is 12.7 Å². The summed E-state index contributed by atoms with van der Waals surface area (Å²) in [6.07, 6.45) is 2.10. The number of aliphatic hydroxyl groups is 2. The first-order valence-corrected chi connectivity index (χ1v) is 6.51. The highest BCUT2D eigenvalue weighted by molar-refractivity contribution is 7.11. The molecule has 18 heavy (non-hydrogen) atoms. The Kier molecular flexibility index (Phi) is 2.70. The number of aliphatic hydroxyl groups excluding tert-OH is 1. The number of hydrogen-bond acceptors (Lipinski definition) is 7. The van der Waals surface area contributed by atoms with E-state index in [0.717, 1.165) is 5.39 Å². The lowest BCUT2D eigenvalue weighted by atomic mass is 10.1. The van der Waals surface area contributed by atoms with Crippen molar-refractivity contribution >= 4 is 28.1 Å². The summed E-state index contributed by atoms with van der Waals surface area (Å²) < 4.78 is 5.51. The molecule has 1 saturated heterocycles. The van der Waals surface area contributed by atoms with Crippen LogP contribution in [0.4, 0.5) is 5.82 Å². The van der Waals surface area contributed by atoms with Gasteiger partial charge in [0.1, 0.15) is 12.1 Å². The van der Waals surface area contributed by atoms with Crippen LogP contribution in [-0.2, 0) is 10.5 Å². The number of fused-ring (bicyclic) bond motifs is 1. The second-order valence-corrected chi connectivity index (χ2v) is 5.21. The summed E-state index contributed by atoms with van der Waals surface area (Å²) in [6, 6.07) is 0. The molecule has 96 valence electrons. The Morgan fingerprint density at radius 2 is 2.39 bits per heavy atom. The van der Waals surface area contributed by atoms with Gasteiger partial charge in [-0.1, -0.05) is 0 Å². The van der Waals surface area contributed by atoms with Crippen LogP contribution >= 0.6 is 11.3 Å². The van der Waals surface area contributed by atoms with Gasteiger partial charge in [0, 0.05) is 11.8 Å². The van der Waals surface area contributed by atoms with Crippen molar-refractivity contribution in [3.8, 4) is 0 Å². The molecule has 2 atom stereocenters. The lowest BCUT2D eigenvalue weighted by molar-refractivity contribution is -0.202. The number of aromatic nitrogens is 2. The number of rotatable bonds is 2. The zero-order valence-electron chi connectivity index (χ0n) is 9.54. The summed E-state index contributed by atoms with van der Waals surface area (Å²) in [5.74, 6) is -0.983. The summed E-state index contributed by atoms with van der Waals surface area (Å²) in [7, 11) is 0. The molecular weight excluding hydrogens is 254 g/mol. The molecule has 0 saturated carbocycles. The number of nitrogens with zero attached hydrogens (tertiary/aromatic N) is 2. The molecule has 3 rings (SSSR count). The highest BCUT2D eigenvalue weighted by atomic mass is 32.1. The molecule has 0 amide bonds. The maximum atomic E-state index is 10.5. The van der Waals surface area contributed by atoms with Crippen LogP contribution in [0.15, 0.2) is 11.7 Å². The molecule has 2 aromatic rings. The van der Waals surface area contributed by atoms with E-state index in [1.807, 2.05) is 5.38 Å². The van der Waals surface area contributed by atoms with Gasteiger partial charge in [-0.25, -0.2) is 9.97 Å². The number of ether oxygens (including phenoxy) is 1. The monoisotopic (exact) mass is 267 g/mol. The Labute approximate surface area is 107 Å². The second-order valence-electron chi connectivity index (χ2n) is 4.33.